The van der Waals surface area contributed by atoms with Gasteiger partial charge >= 0.3 is 11.9 Å². The minimum absolute atomic E-state index is 0.101. The van der Waals surface area contributed by atoms with Crippen molar-refractivity contribution in [3.05, 3.63) is 35.4 Å². The fourth-order valence-corrected chi connectivity index (χ4v) is 1.97. The number of carbonyl (C=O) groups is 2. The van der Waals surface area contributed by atoms with Gasteiger partial charge in [0.2, 0.25) is 0 Å². The number of hydrogen-bond donors (Lipinski definition) is 0. The fraction of sp³-hybridized carbons (Fsp3) is 0.500. The predicted octanol–water partition coefficient (Wildman–Crippen LogP) is 4.16. The molecule has 0 N–H and O–H groups in total. The minimum atomic E-state index is -0.485. The van der Waals surface area contributed by atoms with Gasteiger partial charge in [0.25, 0.3) is 0 Å². The number of esters is 2. The number of hydrogen-bond acceptors (Lipinski definition) is 5. The molecule has 5 nitrogen and oxygen atoms in total. The van der Waals surface area contributed by atoms with Crippen molar-refractivity contribution in [3.63, 3.8) is 0 Å². The smallest absolute Gasteiger partial charge is 0.334 e. The lowest BCUT2D eigenvalue weighted by molar-refractivity contribution is -0.146. The SMILES string of the molecule is CCCOC(=O)CC(=Cc1ccc(OCCC)cc1)C(=O)OCCC. The molecular formula is C20H28O5. The number of benzene rings is 1. The molecule has 0 aromatic heterocycles. The molecule has 5 heteroatoms. The van der Waals surface area contributed by atoms with Crippen LogP contribution in [0.3, 0.4) is 0 Å². The van der Waals surface area contributed by atoms with E-state index in [1.807, 2.05) is 45.0 Å². The van der Waals surface area contributed by atoms with E-state index < -0.39 is 11.9 Å². The summed E-state index contributed by atoms with van der Waals surface area (Å²) in [4.78, 5) is 24.1. The Labute approximate surface area is 150 Å². The van der Waals surface area contributed by atoms with Gasteiger partial charge in [0, 0.05) is 5.57 Å². The molecule has 0 atom stereocenters. The van der Waals surface area contributed by atoms with Crippen LogP contribution in [0.5, 0.6) is 5.75 Å². The Morgan fingerprint density at radius 2 is 1.48 bits per heavy atom. The molecule has 1 aromatic rings. The van der Waals surface area contributed by atoms with Gasteiger partial charge in [-0.1, -0.05) is 32.9 Å². The second-order valence-corrected chi connectivity index (χ2v) is 5.62. The van der Waals surface area contributed by atoms with Crippen molar-refractivity contribution in [2.24, 2.45) is 0 Å². The molecule has 0 saturated carbocycles. The van der Waals surface area contributed by atoms with Crippen molar-refractivity contribution in [1.29, 1.82) is 0 Å². The zero-order valence-electron chi connectivity index (χ0n) is 15.4. The van der Waals surface area contributed by atoms with Crippen LogP contribution < -0.4 is 4.74 Å². The van der Waals surface area contributed by atoms with Gasteiger partial charge in [-0.3, -0.25) is 4.79 Å². The Hall–Kier alpha value is -2.30. The molecule has 0 aliphatic carbocycles. The summed E-state index contributed by atoms with van der Waals surface area (Å²) in [5.74, 6) is -0.137. The Morgan fingerprint density at radius 3 is 2.08 bits per heavy atom. The van der Waals surface area contributed by atoms with E-state index in [1.165, 1.54) is 0 Å². The molecule has 0 heterocycles. The third kappa shape index (κ3) is 8.38. The first-order valence-corrected chi connectivity index (χ1v) is 8.86. The van der Waals surface area contributed by atoms with Crippen LogP contribution in [0.2, 0.25) is 0 Å². The van der Waals surface area contributed by atoms with E-state index in [-0.39, 0.29) is 12.0 Å². The summed E-state index contributed by atoms with van der Waals surface area (Å²) in [6.07, 6.45) is 3.97. The quantitative estimate of drug-likeness (QED) is 0.444. The molecule has 0 bridgehead atoms. The van der Waals surface area contributed by atoms with Gasteiger partial charge in [-0.15, -0.1) is 0 Å². The molecule has 1 rings (SSSR count). The van der Waals surface area contributed by atoms with Crippen LogP contribution in [-0.2, 0) is 19.1 Å². The normalized spacial score (nSPS) is 11.1. The standard InChI is InChI=1S/C20H28O5/c1-4-11-23-18-9-7-16(8-10-18)14-17(20(22)25-13-6-3)15-19(21)24-12-5-2/h7-10,14H,4-6,11-13,15H2,1-3H3. The largest absolute Gasteiger partial charge is 0.494 e. The minimum Gasteiger partial charge on any atom is -0.494 e. The molecule has 25 heavy (non-hydrogen) atoms. The van der Waals surface area contributed by atoms with Gasteiger partial charge in [0.1, 0.15) is 5.75 Å². The molecule has 138 valence electrons. The highest BCUT2D eigenvalue weighted by molar-refractivity contribution is 5.98. The Balaban J connectivity index is 2.86. The Bertz CT molecular complexity index is 560. The first-order valence-electron chi connectivity index (χ1n) is 8.86. The zero-order valence-corrected chi connectivity index (χ0v) is 15.4. The maximum atomic E-state index is 12.2. The second-order valence-electron chi connectivity index (χ2n) is 5.62. The van der Waals surface area contributed by atoms with Crippen molar-refractivity contribution >= 4 is 18.0 Å². The van der Waals surface area contributed by atoms with Crippen LogP contribution in [0, 0.1) is 0 Å². The van der Waals surface area contributed by atoms with Crippen LogP contribution >= 0.6 is 0 Å². The van der Waals surface area contributed by atoms with Crippen molar-refractivity contribution in [2.45, 2.75) is 46.5 Å². The maximum absolute atomic E-state index is 12.2. The van der Waals surface area contributed by atoms with Crippen LogP contribution in [0.1, 0.15) is 52.0 Å². The molecule has 0 unspecified atom stereocenters. The number of ether oxygens (including phenoxy) is 3. The first kappa shape index (κ1) is 20.7. The summed E-state index contributed by atoms with van der Waals surface area (Å²) in [6, 6.07) is 7.36. The van der Waals surface area contributed by atoms with Gasteiger partial charge in [0.15, 0.2) is 0 Å². The molecule has 0 spiro atoms. The van der Waals surface area contributed by atoms with E-state index in [0.717, 1.165) is 30.6 Å². The first-order chi connectivity index (χ1) is 12.1. The Morgan fingerprint density at radius 1 is 0.880 bits per heavy atom. The van der Waals surface area contributed by atoms with E-state index in [9.17, 15) is 9.59 Å². The second kappa shape index (κ2) is 12.1. The molecule has 0 radical (unpaired) electrons. The summed E-state index contributed by atoms with van der Waals surface area (Å²) in [6.45, 7) is 7.21. The summed E-state index contributed by atoms with van der Waals surface area (Å²) in [5.41, 5.74) is 1.09. The van der Waals surface area contributed by atoms with Gasteiger partial charge in [-0.25, -0.2) is 4.79 Å². The van der Waals surface area contributed by atoms with E-state index in [4.69, 9.17) is 14.2 Å². The summed E-state index contributed by atoms with van der Waals surface area (Å²) < 4.78 is 15.8. The van der Waals surface area contributed by atoms with E-state index >= 15 is 0 Å². The van der Waals surface area contributed by atoms with Gasteiger partial charge < -0.3 is 14.2 Å². The lowest BCUT2D eigenvalue weighted by atomic mass is 10.1. The van der Waals surface area contributed by atoms with Crippen molar-refractivity contribution < 1.29 is 23.8 Å². The van der Waals surface area contributed by atoms with Gasteiger partial charge in [-0.05, 0) is 43.0 Å². The number of carbonyl (C=O) groups excluding carboxylic acids is 2. The zero-order chi connectivity index (χ0) is 18.5. The average Bonchev–Trinajstić information content (AvgIpc) is 2.63. The molecular weight excluding hydrogens is 320 g/mol. The van der Waals surface area contributed by atoms with E-state index in [2.05, 4.69) is 0 Å². The van der Waals surface area contributed by atoms with Crippen LogP contribution in [0.15, 0.2) is 29.8 Å². The maximum Gasteiger partial charge on any atom is 0.334 e. The fourth-order valence-electron chi connectivity index (χ4n) is 1.97. The summed E-state index contributed by atoms with van der Waals surface area (Å²) in [7, 11) is 0. The topological polar surface area (TPSA) is 61.8 Å². The molecule has 0 amide bonds. The third-order valence-corrected chi connectivity index (χ3v) is 3.20. The monoisotopic (exact) mass is 348 g/mol. The number of rotatable bonds is 11. The average molecular weight is 348 g/mol. The molecule has 0 aliphatic heterocycles. The highest BCUT2D eigenvalue weighted by atomic mass is 16.5. The van der Waals surface area contributed by atoms with Gasteiger partial charge in [-0.2, -0.15) is 0 Å². The molecule has 1 aromatic carbocycles. The molecule has 0 fully saturated rings. The lowest BCUT2D eigenvalue weighted by Gasteiger charge is -2.09. The summed E-state index contributed by atoms with van der Waals surface area (Å²) >= 11 is 0. The predicted molar refractivity (Wildman–Crippen MR) is 97.3 cm³/mol. The highest BCUT2D eigenvalue weighted by Crippen LogP contribution is 2.17. The van der Waals surface area contributed by atoms with Crippen molar-refractivity contribution in [1.82, 2.24) is 0 Å². The van der Waals surface area contributed by atoms with Crippen molar-refractivity contribution in [3.8, 4) is 5.75 Å². The van der Waals surface area contributed by atoms with Crippen LogP contribution in [0.25, 0.3) is 6.08 Å². The van der Waals surface area contributed by atoms with Gasteiger partial charge in [0.05, 0.1) is 26.2 Å². The van der Waals surface area contributed by atoms with E-state index in [0.29, 0.717) is 19.8 Å². The third-order valence-electron chi connectivity index (χ3n) is 3.20. The molecule has 0 aliphatic rings. The highest BCUT2D eigenvalue weighted by Gasteiger charge is 2.16. The molecule has 0 saturated heterocycles. The van der Waals surface area contributed by atoms with E-state index in [1.54, 1.807) is 6.08 Å². The van der Waals surface area contributed by atoms with Crippen LogP contribution in [0.4, 0.5) is 0 Å². The van der Waals surface area contributed by atoms with Crippen LogP contribution in [-0.4, -0.2) is 31.8 Å². The summed E-state index contributed by atoms with van der Waals surface area (Å²) in [5, 5.41) is 0. The lowest BCUT2D eigenvalue weighted by Crippen LogP contribution is -2.14. The van der Waals surface area contributed by atoms with Crippen molar-refractivity contribution in [2.75, 3.05) is 19.8 Å². The Kier molecular flexibility index (Phi) is 10.1.